The number of ether oxygens (including phenoxy) is 1. The summed E-state index contributed by atoms with van der Waals surface area (Å²) in [5, 5.41) is 0. The molecular formula is C14H15NO2. The SMILES string of the molecule is CC(=O)OCc1cccn1Cc1ccccc1. The maximum absolute atomic E-state index is 10.8. The lowest BCUT2D eigenvalue weighted by atomic mass is 10.2. The van der Waals surface area contributed by atoms with Crippen molar-refractivity contribution in [2.45, 2.75) is 20.1 Å². The molecule has 0 atom stereocenters. The van der Waals surface area contributed by atoms with E-state index in [-0.39, 0.29) is 5.97 Å². The zero-order chi connectivity index (χ0) is 12.1. The molecule has 0 fully saturated rings. The molecule has 3 heteroatoms. The van der Waals surface area contributed by atoms with E-state index in [1.54, 1.807) is 0 Å². The molecule has 1 aromatic heterocycles. The van der Waals surface area contributed by atoms with Crippen LogP contribution in [0.2, 0.25) is 0 Å². The van der Waals surface area contributed by atoms with Gasteiger partial charge in [0.1, 0.15) is 6.61 Å². The van der Waals surface area contributed by atoms with Crippen LogP contribution in [0.15, 0.2) is 48.7 Å². The van der Waals surface area contributed by atoms with E-state index in [2.05, 4.69) is 16.7 Å². The Morgan fingerprint density at radius 1 is 1.18 bits per heavy atom. The first-order valence-corrected chi connectivity index (χ1v) is 5.57. The fourth-order valence-electron chi connectivity index (χ4n) is 1.69. The molecule has 2 rings (SSSR count). The Bertz CT molecular complexity index is 488. The van der Waals surface area contributed by atoms with Gasteiger partial charge in [0, 0.05) is 19.7 Å². The fourth-order valence-corrected chi connectivity index (χ4v) is 1.69. The van der Waals surface area contributed by atoms with Crippen LogP contribution in [0.3, 0.4) is 0 Å². The Hall–Kier alpha value is -2.03. The summed E-state index contributed by atoms with van der Waals surface area (Å²) in [4.78, 5) is 10.8. The van der Waals surface area contributed by atoms with Crippen LogP contribution in [0.4, 0.5) is 0 Å². The largest absolute Gasteiger partial charge is 0.459 e. The third-order valence-corrected chi connectivity index (χ3v) is 2.54. The fraction of sp³-hybridized carbons (Fsp3) is 0.214. The van der Waals surface area contributed by atoms with Crippen LogP contribution in [0.1, 0.15) is 18.2 Å². The number of aromatic nitrogens is 1. The number of carbonyl (C=O) groups is 1. The summed E-state index contributed by atoms with van der Waals surface area (Å²) >= 11 is 0. The molecule has 0 aliphatic carbocycles. The van der Waals surface area contributed by atoms with Gasteiger partial charge in [0.2, 0.25) is 0 Å². The van der Waals surface area contributed by atoms with Crippen molar-refractivity contribution in [3.8, 4) is 0 Å². The van der Waals surface area contributed by atoms with E-state index < -0.39 is 0 Å². The van der Waals surface area contributed by atoms with Gasteiger partial charge < -0.3 is 9.30 Å². The Kier molecular flexibility index (Phi) is 3.60. The highest BCUT2D eigenvalue weighted by Crippen LogP contribution is 2.08. The van der Waals surface area contributed by atoms with E-state index in [0.717, 1.165) is 12.2 Å². The molecule has 88 valence electrons. The van der Waals surface area contributed by atoms with Gasteiger partial charge in [-0.25, -0.2) is 0 Å². The Balaban J connectivity index is 2.06. The zero-order valence-electron chi connectivity index (χ0n) is 9.80. The first-order valence-electron chi connectivity index (χ1n) is 5.57. The van der Waals surface area contributed by atoms with Crippen LogP contribution < -0.4 is 0 Å². The normalized spacial score (nSPS) is 10.2. The lowest BCUT2D eigenvalue weighted by Gasteiger charge is -2.09. The molecule has 0 amide bonds. The minimum Gasteiger partial charge on any atom is -0.459 e. The molecule has 0 N–H and O–H groups in total. The molecule has 17 heavy (non-hydrogen) atoms. The second-order valence-electron chi connectivity index (χ2n) is 3.89. The van der Waals surface area contributed by atoms with Crippen molar-refractivity contribution in [3.05, 3.63) is 59.9 Å². The number of hydrogen-bond donors (Lipinski definition) is 0. The van der Waals surface area contributed by atoms with E-state index in [9.17, 15) is 4.79 Å². The van der Waals surface area contributed by atoms with Gasteiger partial charge >= 0.3 is 5.97 Å². The number of nitrogens with zero attached hydrogens (tertiary/aromatic N) is 1. The number of carbonyl (C=O) groups excluding carboxylic acids is 1. The highest BCUT2D eigenvalue weighted by Gasteiger charge is 2.03. The molecule has 0 spiro atoms. The van der Waals surface area contributed by atoms with E-state index in [0.29, 0.717) is 6.61 Å². The maximum Gasteiger partial charge on any atom is 0.303 e. The van der Waals surface area contributed by atoms with Crippen LogP contribution in [0.25, 0.3) is 0 Å². The molecule has 0 unspecified atom stereocenters. The minimum absolute atomic E-state index is 0.252. The summed E-state index contributed by atoms with van der Waals surface area (Å²) in [6.45, 7) is 2.55. The molecule has 0 radical (unpaired) electrons. The third-order valence-electron chi connectivity index (χ3n) is 2.54. The molecular weight excluding hydrogens is 214 g/mol. The quantitative estimate of drug-likeness (QED) is 0.754. The summed E-state index contributed by atoms with van der Waals surface area (Å²) in [5.74, 6) is -0.252. The van der Waals surface area contributed by atoms with Crippen molar-refractivity contribution in [3.63, 3.8) is 0 Å². The van der Waals surface area contributed by atoms with Gasteiger partial charge in [-0.15, -0.1) is 0 Å². The molecule has 0 saturated heterocycles. The first kappa shape index (κ1) is 11.5. The second-order valence-corrected chi connectivity index (χ2v) is 3.89. The van der Waals surface area contributed by atoms with Crippen LogP contribution in [0, 0.1) is 0 Å². The highest BCUT2D eigenvalue weighted by molar-refractivity contribution is 5.65. The average Bonchev–Trinajstić information content (AvgIpc) is 2.75. The van der Waals surface area contributed by atoms with Gasteiger partial charge in [0.15, 0.2) is 0 Å². The third kappa shape index (κ3) is 3.21. The zero-order valence-corrected chi connectivity index (χ0v) is 9.80. The maximum atomic E-state index is 10.8. The summed E-state index contributed by atoms with van der Waals surface area (Å²) in [7, 11) is 0. The van der Waals surface area contributed by atoms with E-state index >= 15 is 0 Å². The van der Waals surface area contributed by atoms with Crippen LogP contribution in [-0.2, 0) is 22.7 Å². The smallest absolute Gasteiger partial charge is 0.303 e. The van der Waals surface area contributed by atoms with Gasteiger partial charge in [-0.2, -0.15) is 0 Å². The molecule has 0 aliphatic rings. The summed E-state index contributed by atoms with van der Waals surface area (Å²) in [6, 6.07) is 14.1. The predicted molar refractivity (Wildman–Crippen MR) is 65.4 cm³/mol. The van der Waals surface area contributed by atoms with Crippen molar-refractivity contribution in [2.24, 2.45) is 0 Å². The number of hydrogen-bond acceptors (Lipinski definition) is 2. The van der Waals surface area contributed by atoms with Crippen molar-refractivity contribution < 1.29 is 9.53 Å². The van der Waals surface area contributed by atoms with Crippen molar-refractivity contribution in [1.82, 2.24) is 4.57 Å². The average molecular weight is 229 g/mol. The molecule has 1 heterocycles. The first-order chi connectivity index (χ1) is 8.25. The van der Waals surface area contributed by atoms with Crippen LogP contribution in [0.5, 0.6) is 0 Å². The number of esters is 1. The lowest BCUT2D eigenvalue weighted by Crippen LogP contribution is -2.06. The van der Waals surface area contributed by atoms with Crippen molar-refractivity contribution >= 4 is 5.97 Å². The summed E-state index contributed by atoms with van der Waals surface area (Å²) in [5.41, 5.74) is 2.23. The monoisotopic (exact) mass is 229 g/mol. The number of benzene rings is 1. The minimum atomic E-state index is -0.252. The number of rotatable bonds is 4. The molecule has 0 bridgehead atoms. The van der Waals surface area contributed by atoms with Crippen LogP contribution in [-0.4, -0.2) is 10.5 Å². The van der Waals surface area contributed by atoms with Crippen LogP contribution >= 0.6 is 0 Å². The Labute approximate surface area is 101 Å². The molecule has 2 aromatic rings. The van der Waals surface area contributed by atoms with E-state index in [1.165, 1.54) is 12.5 Å². The van der Waals surface area contributed by atoms with Gasteiger partial charge in [-0.05, 0) is 17.7 Å². The van der Waals surface area contributed by atoms with Gasteiger partial charge in [0.05, 0.1) is 5.69 Å². The molecule has 0 saturated carbocycles. The molecule has 1 aromatic carbocycles. The molecule has 3 nitrogen and oxygen atoms in total. The Morgan fingerprint density at radius 3 is 2.65 bits per heavy atom. The second kappa shape index (κ2) is 5.34. The van der Waals surface area contributed by atoms with Crippen molar-refractivity contribution in [2.75, 3.05) is 0 Å². The lowest BCUT2D eigenvalue weighted by molar-refractivity contribution is -0.142. The highest BCUT2D eigenvalue weighted by atomic mass is 16.5. The van der Waals surface area contributed by atoms with Gasteiger partial charge in [-0.1, -0.05) is 30.3 Å². The molecule has 0 aliphatic heterocycles. The summed E-state index contributed by atoms with van der Waals surface area (Å²) in [6.07, 6.45) is 1.99. The topological polar surface area (TPSA) is 31.2 Å². The van der Waals surface area contributed by atoms with E-state index in [1.807, 2.05) is 36.5 Å². The van der Waals surface area contributed by atoms with Crippen molar-refractivity contribution in [1.29, 1.82) is 0 Å². The summed E-state index contributed by atoms with van der Waals surface area (Å²) < 4.78 is 7.09. The predicted octanol–water partition coefficient (Wildman–Crippen LogP) is 2.60. The van der Waals surface area contributed by atoms with Gasteiger partial charge in [-0.3, -0.25) is 4.79 Å². The Morgan fingerprint density at radius 2 is 1.94 bits per heavy atom. The van der Waals surface area contributed by atoms with E-state index in [4.69, 9.17) is 4.74 Å². The van der Waals surface area contributed by atoms with Gasteiger partial charge in [0.25, 0.3) is 0 Å². The standard InChI is InChI=1S/C14H15NO2/c1-12(16)17-11-14-8-5-9-15(14)10-13-6-3-2-4-7-13/h2-9H,10-11H2,1H3.